The number of rotatable bonds is 10. The van der Waals surface area contributed by atoms with Crippen molar-refractivity contribution in [3.63, 3.8) is 0 Å². The maximum absolute atomic E-state index is 13.6. The lowest BCUT2D eigenvalue weighted by molar-refractivity contribution is -0.286. The molecule has 0 saturated carbocycles. The topological polar surface area (TPSA) is 130 Å². The fraction of sp³-hybridized carbons (Fsp3) is 0.368. The van der Waals surface area contributed by atoms with Crippen LogP contribution in [0.15, 0.2) is 91.0 Å². The maximum atomic E-state index is 13.6. The molecule has 0 amide bonds. The van der Waals surface area contributed by atoms with E-state index in [-0.39, 0.29) is 28.3 Å². The average Bonchev–Trinajstić information content (AvgIpc) is 3.11. The number of esters is 3. The van der Waals surface area contributed by atoms with Crippen LogP contribution in [0, 0.1) is 16.9 Å². The first kappa shape index (κ1) is 40.9. The molecular formula is C38H40Cl3NO9Si. The van der Waals surface area contributed by atoms with Gasteiger partial charge in [0.15, 0.2) is 12.2 Å². The number of halogens is 3. The Balaban J connectivity index is 1.79. The predicted molar refractivity (Wildman–Crippen MR) is 200 cm³/mol. The molecule has 5 atom stereocenters. The van der Waals surface area contributed by atoms with Crippen LogP contribution in [0.4, 0.5) is 0 Å². The molecule has 14 heteroatoms. The van der Waals surface area contributed by atoms with Gasteiger partial charge < -0.3 is 28.4 Å². The van der Waals surface area contributed by atoms with Crippen molar-refractivity contribution in [2.45, 2.75) is 73.4 Å². The number of ether oxygens (including phenoxy) is 6. The Hall–Kier alpha value is -3.89. The largest absolute Gasteiger partial charge is 0.459 e. The number of hydrogen-bond donors (Lipinski definition) is 1. The quantitative estimate of drug-likeness (QED) is 0.0416. The van der Waals surface area contributed by atoms with E-state index in [1.807, 2.05) is 0 Å². The molecule has 0 unspecified atom stereocenters. The number of hydrogen-bond acceptors (Lipinski definition) is 10. The summed E-state index contributed by atoms with van der Waals surface area (Å²) in [5, 5.41) is 8.28. The van der Waals surface area contributed by atoms with Crippen molar-refractivity contribution in [1.29, 1.82) is 5.41 Å². The first-order chi connectivity index (χ1) is 24.5. The van der Waals surface area contributed by atoms with E-state index in [4.69, 9.17) is 68.6 Å². The summed E-state index contributed by atoms with van der Waals surface area (Å²) < 4.78 is 33.5. The highest BCUT2D eigenvalue weighted by molar-refractivity contribution is 6.87. The van der Waals surface area contributed by atoms with Crippen molar-refractivity contribution in [2.75, 3.05) is 13.2 Å². The van der Waals surface area contributed by atoms with Gasteiger partial charge in [-0.15, -0.1) is 5.54 Å². The molecule has 0 aromatic heterocycles. The molecule has 0 bridgehead atoms. The summed E-state index contributed by atoms with van der Waals surface area (Å²) in [4.78, 5) is 40.2. The van der Waals surface area contributed by atoms with Gasteiger partial charge in [-0.3, -0.25) is 5.41 Å². The molecule has 52 heavy (non-hydrogen) atoms. The average molecular weight is 789 g/mol. The zero-order chi connectivity index (χ0) is 38.1. The Morgan fingerprint density at radius 1 is 0.731 bits per heavy atom. The summed E-state index contributed by atoms with van der Waals surface area (Å²) in [6.07, 6.45) is -7.28. The smallest absolute Gasteiger partial charge is 0.338 e. The van der Waals surface area contributed by atoms with Crippen LogP contribution in [0.3, 0.4) is 0 Å². The number of benzene rings is 3. The third-order valence-electron chi connectivity index (χ3n) is 8.60. The number of carbonyl (C=O) groups excluding carboxylic acids is 3. The van der Waals surface area contributed by atoms with Gasteiger partial charge in [-0.25, -0.2) is 14.4 Å². The molecule has 1 fully saturated rings. The second-order valence-electron chi connectivity index (χ2n) is 13.4. The van der Waals surface area contributed by atoms with Gasteiger partial charge in [-0.05, 0) is 41.4 Å². The van der Waals surface area contributed by atoms with Gasteiger partial charge >= 0.3 is 17.9 Å². The zero-order valence-electron chi connectivity index (χ0n) is 29.3. The second kappa shape index (κ2) is 17.8. The lowest BCUT2D eigenvalue weighted by atomic mass is 9.97. The lowest BCUT2D eigenvalue weighted by Gasteiger charge is -2.44. The zero-order valence-corrected chi connectivity index (χ0v) is 32.5. The van der Waals surface area contributed by atoms with E-state index >= 15 is 0 Å². The van der Waals surface area contributed by atoms with Crippen molar-refractivity contribution in [2.24, 2.45) is 0 Å². The molecule has 0 spiro atoms. The minimum Gasteiger partial charge on any atom is -0.459 e. The normalized spacial score (nSPS) is 20.4. The van der Waals surface area contributed by atoms with E-state index in [9.17, 15) is 14.4 Å². The van der Waals surface area contributed by atoms with Crippen LogP contribution < -0.4 is 0 Å². The molecule has 1 aliphatic rings. The summed E-state index contributed by atoms with van der Waals surface area (Å²) in [6.45, 7) is 9.94. The third-order valence-corrected chi connectivity index (χ3v) is 13.7. The Kier molecular flexibility index (Phi) is 14.0. The third kappa shape index (κ3) is 11.1. The Bertz CT molecular complexity index is 1750. The first-order valence-electron chi connectivity index (χ1n) is 16.3. The van der Waals surface area contributed by atoms with E-state index in [0.717, 1.165) is 0 Å². The van der Waals surface area contributed by atoms with E-state index in [2.05, 4.69) is 45.3 Å². The van der Waals surface area contributed by atoms with Crippen LogP contribution >= 0.6 is 34.8 Å². The van der Waals surface area contributed by atoms with E-state index in [1.165, 1.54) is 12.1 Å². The molecule has 3 aromatic carbocycles. The van der Waals surface area contributed by atoms with Crippen molar-refractivity contribution < 1.29 is 42.8 Å². The van der Waals surface area contributed by atoms with Crippen LogP contribution in [0.2, 0.25) is 18.1 Å². The van der Waals surface area contributed by atoms with Gasteiger partial charge in [0.2, 0.25) is 12.2 Å². The highest BCUT2D eigenvalue weighted by Gasteiger charge is 2.54. The maximum Gasteiger partial charge on any atom is 0.338 e. The minimum absolute atomic E-state index is 0.0512. The molecule has 4 rings (SSSR count). The summed E-state index contributed by atoms with van der Waals surface area (Å²) in [7, 11) is -2.08. The molecule has 1 aliphatic heterocycles. The molecule has 1 heterocycles. The summed E-state index contributed by atoms with van der Waals surface area (Å²) >= 11 is 17.9. The van der Waals surface area contributed by atoms with Crippen LogP contribution in [0.5, 0.6) is 0 Å². The van der Waals surface area contributed by atoms with Crippen LogP contribution in [0.25, 0.3) is 0 Å². The molecule has 1 saturated heterocycles. The fourth-order valence-corrected chi connectivity index (χ4v) is 5.70. The molecule has 10 nitrogen and oxygen atoms in total. The minimum atomic E-state index is -2.34. The van der Waals surface area contributed by atoms with Crippen molar-refractivity contribution in [3.8, 4) is 11.5 Å². The van der Waals surface area contributed by atoms with E-state index < -0.39 is 73.0 Å². The summed E-state index contributed by atoms with van der Waals surface area (Å²) in [5.74, 6) is -0.0449. The first-order valence-corrected chi connectivity index (χ1v) is 20.4. The molecule has 1 N–H and O–H groups in total. The summed E-state index contributed by atoms with van der Waals surface area (Å²) in [6, 6.07) is 24.5. The molecule has 3 aromatic rings. The Morgan fingerprint density at radius 3 is 1.65 bits per heavy atom. The van der Waals surface area contributed by atoms with Gasteiger partial charge in [0.25, 0.3) is 3.79 Å². The van der Waals surface area contributed by atoms with Crippen molar-refractivity contribution in [1.82, 2.24) is 0 Å². The van der Waals surface area contributed by atoms with Gasteiger partial charge in [0.1, 0.15) is 33.5 Å². The van der Waals surface area contributed by atoms with Crippen molar-refractivity contribution in [3.05, 3.63) is 108 Å². The molecular weight excluding hydrogens is 749 g/mol. The van der Waals surface area contributed by atoms with Crippen LogP contribution in [-0.4, -0.2) is 79.6 Å². The predicted octanol–water partition coefficient (Wildman–Crippen LogP) is 7.82. The molecule has 276 valence electrons. The highest BCUT2D eigenvalue weighted by atomic mass is 35.6. The SMILES string of the molecule is CC(C)(C)[Si](C)(C)C#CCO[C@@H]1[C@@H](OC(=O)c2ccccc2)[C@H](OC(=N)C(Cl)(Cl)Cl)O[C@H](COC(=O)c2ccccc2)[C@H]1OC(=O)c1ccccc1. The fourth-order valence-electron chi connectivity index (χ4n) is 4.68. The highest BCUT2D eigenvalue weighted by Crippen LogP contribution is 2.36. The monoisotopic (exact) mass is 787 g/mol. The number of nitrogens with one attached hydrogen (secondary N) is 1. The standard InChI is InChI=1S/C38H40Cl3NO9Si/c1-37(2,3)52(4,5)23-15-22-46-30-29(49-33(44)26-18-11-7-12-19-26)28(24-47-32(43)25-16-9-6-10-17-25)48-35(51-36(42)38(39,40)41)31(30)50-34(45)27-20-13-8-14-21-27/h6-14,16-21,28-31,35,42H,22,24H2,1-5H3/t28-,29-,30+,31-,35+/m1/s1. The molecule has 0 aliphatic carbocycles. The lowest BCUT2D eigenvalue weighted by Crippen LogP contribution is -2.63. The number of alkyl halides is 3. The van der Waals surface area contributed by atoms with Gasteiger partial charge in [0.05, 0.1) is 16.7 Å². The Morgan fingerprint density at radius 2 is 1.19 bits per heavy atom. The van der Waals surface area contributed by atoms with E-state index in [0.29, 0.717) is 0 Å². The van der Waals surface area contributed by atoms with Gasteiger partial charge in [-0.1, -0.05) is 129 Å². The van der Waals surface area contributed by atoms with Gasteiger partial charge in [-0.2, -0.15) is 0 Å². The summed E-state index contributed by atoms with van der Waals surface area (Å²) in [5.41, 5.74) is 3.99. The van der Waals surface area contributed by atoms with Crippen molar-refractivity contribution >= 4 is 66.7 Å². The Labute approximate surface area is 319 Å². The van der Waals surface area contributed by atoms with Crippen LogP contribution in [-0.2, 0) is 28.4 Å². The second-order valence-corrected chi connectivity index (χ2v) is 20.7. The van der Waals surface area contributed by atoms with Crippen LogP contribution in [0.1, 0.15) is 51.8 Å². The van der Waals surface area contributed by atoms with Gasteiger partial charge in [0, 0.05) is 0 Å². The van der Waals surface area contributed by atoms with E-state index in [1.54, 1.807) is 78.9 Å². The number of carbonyl (C=O) groups is 3. The molecule has 0 radical (unpaired) electrons.